The topological polar surface area (TPSA) is 62.5 Å². The lowest BCUT2D eigenvalue weighted by atomic mass is 9.82. The highest BCUT2D eigenvalue weighted by Crippen LogP contribution is 2.50. The summed E-state index contributed by atoms with van der Waals surface area (Å²) in [6.45, 7) is 4.61. The third-order valence-electron chi connectivity index (χ3n) is 11.2. The SMILES string of the molecule is CC1(C)c2ccccc2-c2c(C3=NC(c4cccc(-c5cccc(-c6ccccc6)n5)c4)NC(c4cccc(-c5cccc(-c6ccccc6)n5)c4)=N3)cccc21. The van der Waals surface area contributed by atoms with E-state index in [1.165, 1.54) is 22.3 Å². The highest BCUT2D eigenvalue weighted by Gasteiger charge is 2.37. The monoisotopic (exact) mass is 733 g/mol. The van der Waals surface area contributed by atoms with Gasteiger partial charge >= 0.3 is 0 Å². The van der Waals surface area contributed by atoms with Gasteiger partial charge in [-0.15, -0.1) is 0 Å². The molecule has 0 saturated carbocycles. The molecule has 272 valence electrons. The van der Waals surface area contributed by atoms with Crippen molar-refractivity contribution in [2.75, 3.05) is 0 Å². The molecule has 1 aliphatic heterocycles. The molecule has 57 heavy (non-hydrogen) atoms. The highest BCUT2D eigenvalue weighted by molar-refractivity contribution is 6.16. The van der Waals surface area contributed by atoms with Crippen LogP contribution in [0.1, 0.15) is 47.8 Å². The van der Waals surface area contributed by atoms with Crippen molar-refractivity contribution >= 4 is 11.7 Å². The summed E-state index contributed by atoms with van der Waals surface area (Å²) >= 11 is 0. The smallest absolute Gasteiger partial charge is 0.160 e. The zero-order chi connectivity index (χ0) is 38.3. The minimum Gasteiger partial charge on any atom is -0.344 e. The molecule has 5 heteroatoms. The van der Waals surface area contributed by atoms with Crippen LogP contribution in [-0.4, -0.2) is 21.6 Å². The Morgan fingerprint density at radius 1 is 0.439 bits per heavy atom. The number of nitrogens with zero attached hydrogens (tertiary/aromatic N) is 4. The summed E-state index contributed by atoms with van der Waals surface area (Å²) < 4.78 is 0. The predicted octanol–water partition coefficient (Wildman–Crippen LogP) is 11.9. The van der Waals surface area contributed by atoms with Crippen molar-refractivity contribution in [1.82, 2.24) is 15.3 Å². The van der Waals surface area contributed by atoms with Crippen molar-refractivity contribution in [3.63, 3.8) is 0 Å². The number of nitrogens with one attached hydrogen (secondary N) is 1. The minimum absolute atomic E-state index is 0.146. The fourth-order valence-corrected chi connectivity index (χ4v) is 8.25. The number of hydrogen-bond acceptors (Lipinski definition) is 5. The number of amidine groups is 2. The first-order valence-corrected chi connectivity index (χ1v) is 19.4. The van der Waals surface area contributed by atoms with Crippen LogP contribution in [0.2, 0.25) is 0 Å². The molecule has 0 saturated heterocycles. The number of hydrogen-bond donors (Lipinski definition) is 1. The molecule has 10 rings (SSSR count). The van der Waals surface area contributed by atoms with E-state index in [1.54, 1.807) is 0 Å². The highest BCUT2D eigenvalue weighted by atomic mass is 15.2. The molecule has 2 aliphatic rings. The van der Waals surface area contributed by atoms with E-state index in [2.05, 4.69) is 171 Å². The van der Waals surface area contributed by atoms with Gasteiger partial charge < -0.3 is 5.32 Å². The van der Waals surface area contributed by atoms with Gasteiger partial charge in [-0.1, -0.05) is 166 Å². The van der Waals surface area contributed by atoms with E-state index < -0.39 is 6.17 Å². The summed E-state index contributed by atoms with van der Waals surface area (Å²) in [5.41, 5.74) is 15.8. The normalized spacial score (nSPS) is 15.2. The van der Waals surface area contributed by atoms with Crippen LogP contribution >= 0.6 is 0 Å². The standard InChI is InChI=1S/C52H39N5/c1-52(2)42-26-10-9-24-40(42)48-41(25-13-27-43(48)52)51-56-49(38-22-11-20-36(32-38)46-30-14-28-44(53-46)34-16-5-3-6-17-34)55-50(57-51)39-23-12-21-37(33-39)47-31-15-29-45(54-47)35-18-7-4-8-19-35/h3-33,49H,1-2H3,(H,55,56,57). The van der Waals surface area contributed by atoms with Gasteiger partial charge in [0, 0.05) is 38.8 Å². The molecular formula is C52H39N5. The summed E-state index contributed by atoms with van der Waals surface area (Å²) in [6.07, 6.45) is -0.409. The van der Waals surface area contributed by atoms with Gasteiger partial charge in [0.15, 0.2) is 5.84 Å². The molecule has 3 heterocycles. The van der Waals surface area contributed by atoms with Crippen LogP contribution < -0.4 is 5.32 Å². The first kappa shape index (κ1) is 34.3. The fraction of sp³-hybridized carbons (Fsp3) is 0.0769. The molecule has 0 amide bonds. The lowest BCUT2D eigenvalue weighted by Gasteiger charge is -2.25. The maximum Gasteiger partial charge on any atom is 0.160 e. The Balaban J connectivity index is 1.08. The number of aromatic nitrogens is 2. The lowest BCUT2D eigenvalue weighted by Crippen LogP contribution is -2.33. The lowest BCUT2D eigenvalue weighted by molar-refractivity contribution is 0.660. The van der Waals surface area contributed by atoms with E-state index in [0.29, 0.717) is 5.84 Å². The van der Waals surface area contributed by atoms with Gasteiger partial charge in [0.1, 0.15) is 12.0 Å². The van der Waals surface area contributed by atoms with Gasteiger partial charge in [-0.05, 0) is 64.2 Å². The average Bonchev–Trinajstić information content (AvgIpc) is 3.53. The first-order valence-electron chi connectivity index (χ1n) is 19.4. The maximum absolute atomic E-state index is 5.41. The summed E-state index contributed by atoms with van der Waals surface area (Å²) in [5.74, 6) is 1.45. The molecule has 0 bridgehead atoms. The maximum atomic E-state index is 5.41. The molecule has 1 atom stereocenters. The second kappa shape index (κ2) is 14.1. The van der Waals surface area contributed by atoms with E-state index in [1.807, 2.05) is 36.4 Å². The van der Waals surface area contributed by atoms with Crippen LogP contribution in [0.15, 0.2) is 198 Å². The number of rotatable bonds is 7. The quantitative estimate of drug-likeness (QED) is 0.177. The molecule has 8 aromatic rings. The van der Waals surface area contributed by atoms with Crippen molar-refractivity contribution < 1.29 is 0 Å². The zero-order valence-electron chi connectivity index (χ0n) is 31.8. The van der Waals surface area contributed by atoms with Crippen molar-refractivity contribution in [3.05, 3.63) is 216 Å². The van der Waals surface area contributed by atoms with Crippen molar-refractivity contribution in [3.8, 4) is 56.2 Å². The van der Waals surface area contributed by atoms with E-state index >= 15 is 0 Å². The largest absolute Gasteiger partial charge is 0.344 e. The summed E-state index contributed by atoms with van der Waals surface area (Å²) in [4.78, 5) is 20.9. The van der Waals surface area contributed by atoms with Gasteiger partial charge in [0.05, 0.1) is 22.8 Å². The molecule has 1 aliphatic carbocycles. The third kappa shape index (κ3) is 6.33. The average molecular weight is 734 g/mol. The van der Waals surface area contributed by atoms with Crippen molar-refractivity contribution in [2.45, 2.75) is 25.4 Å². The molecule has 0 radical (unpaired) electrons. The number of benzene rings is 6. The molecular weight excluding hydrogens is 695 g/mol. The minimum atomic E-state index is -0.409. The van der Waals surface area contributed by atoms with Gasteiger partial charge in [0.25, 0.3) is 0 Å². The number of pyridine rings is 2. The first-order chi connectivity index (χ1) is 28.0. The van der Waals surface area contributed by atoms with E-state index in [9.17, 15) is 0 Å². The Labute approximate surface area is 333 Å². The predicted molar refractivity (Wildman–Crippen MR) is 233 cm³/mol. The molecule has 1 unspecified atom stereocenters. The van der Waals surface area contributed by atoms with Crippen LogP contribution in [0.5, 0.6) is 0 Å². The molecule has 5 nitrogen and oxygen atoms in total. The molecule has 0 fully saturated rings. The third-order valence-corrected chi connectivity index (χ3v) is 11.2. The summed E-state index contributed by atoms with van der Waals surface area (Å²) in [7, 11) is 0. The van der Waals surface area contributed by atoms with E-state index in [-0.39, 0.29) is 5.41 Å². The van der Waals surface area contributed by atoms with Crippen LogP contribution in [0.25, 0.3) is 56.2 Å². The second-order valence-electron chi connectivity index (χ2n) is 15.1. The zero-order valence-corrected chi connectivity index (χ0v) is 31.8. The Morgan fingerprint density at radius 2 is 0.930 bits per heavy atom. The van der Waals surface area contributed by atoms with Gasteiger partial charge in [-0.2, -0.15) is 0 Å². The Morgan fingerprint density at radius 3 is 1.61 bits per heavy atom. The second-order valence-corrected chi connectivity index (χ2v) is 15.1. The van der Waals surface area contributed by atoms with Crippen LogP contribution in [0.3, 0.4) is 0 Å². The summed E-state index contributed by atoms with van der Waals surface area (Å²) in [5, 5.41) is 3.74. The van der Waals surface area contributed by atoms with E-state index in [4.69, 9.17) is 20.0 Å². The Bertz CT molecular complexity index is 2860. The van der Waals surface area contributed by atoms with Crippen molar-refractivity contribution in [2.24, 2.45) is 9.98 Å². The van der Waals surface area contributed by atoms with E-state index in [0.717, 1.165) is 67.6 Å². The Hall–Kier alpha value is -7.24. The molecule has 1 N–H and O–H groups in total. The molecule has 0 spiro atoms. The molecule has 2 aromatic heterocycles. The number of aliphatic imine (C=N–C) groups is 2. The van der Waals surface area contributed by atoms with Crippen LogP contribution in [0.4, 0.5) is 0 Å². The fourth-order valence-electron chi connectivity index (χ4n) is 8.25. The van der Waals surface area contributed by atoms with Gasteiger partial charge in [0.2, 0.25) is 0 Å². The molecule has 6 aromatic carbocycles. The van der Waals surface area contributed by atoms with Crippen LogP contribution in [0, 0.1) is 0 Å². The van der Waals surface area contributed by atoms with Gasteiger partial charge in [-0.25, -0.2) is 20.0 Å². The summed E-state index contributed by atoms with van der Waals surface area (Å²) in [6, 6.07) is 65.3. The van der Waals surface area contributed by atoms with Crippen LogP contribution in [-0.2, 0) is 5.41 Å². The van der Waals surface area contributed by atoms with Crippen molar-refractivity contribution in [1.29, 1.82) is 0 Å². The van der Waals surface area contributed by atoms with Gasteiger partial charge in [-0.3, -0.25) is 0 Å². The number of fused-ring (bicyclic) bond motifs is 3. The Kier molecular flexibility index (Phi) is 8.49.